The minimum Gasteiger partial charge on any atom is -0.375 e. The smallest absolute Gasteiger partial charge is 0.184 e. The summed E-state index contributed by atoms with van der Waals surface area (Å²) in [7, 11) is 0. The summed E-state index contributed by atoms with van der Waals surface area (Å²) >= 11 is 4.84. The van der Waals surface area contributed by atoms with Crippen molar-refractivity contribution in [3.05, 3.63) is 35.4 Å². The van der Waals surface area contributed by atoms with Gasteiger partial charge in [0.25, 0.3) is 0 Å². The van der Waals surface area contributed by atoms with Gasteiger partial charge in [0.05, 0.1) is 5.71 Å². The normalized spacial score (nSPS) is 16.5. The molecule has 2 rings (SSSR count). The van der Waals surface area contributed by atoms with Gasteiger partial charge in [-0.05, 0) is 54.9 Å². The van der Waals surface area contributed by atoms with E-state index in [2.05, 4.69) is 41.7 Å². The zero-order valence-electron chi connectivity index (χ0n) is 13.5. The maximum absolute atomic E-state index is 5.48. The molecular weight excluding hydrogens is 290 g/mol. The van der Waals surface area contributed by atoms with Crippen LogP contribution >= 0.6 is 12.2 Å². The molecule has 0 heterocycles. The first-order valence-electron chi connectivity index (χ1n) is 8.43. The van der Waals surface area contributed by atoms with Crippen molar-refractivity contribution < 1.29 is 0 Å². The number of rotatable bonds is 6. The first-order chi connectivity index (χ1) is 10.7. The minimum absolute atomic E-state index is 0.216. The molecule has 0 amide bonds. The van der Waals surface area contributed by atoms with Crippen molar-refractivity contribution in [1.29, 1.82) is 0 Å². The highest BCUT2D eigenvalue weighted by molar-refractivity contribution is 7.80. The van der Waals surface area contributed by atoms with Crippen LogP contribution in [0, 0.1) is 0 Å². The van der Waals surface area contributed by atoms with Crippen LogP contribution in [0.1, 0.15) is 75.3 Å². The monoisotopic (exact) mass is 317 g/mol. The van der Waals surface area contributed by atoms with Crippen LogP contribution in [0.15, 0.2) is 29.4 Å². The van der Waals surface area contributed by atoms with Crippen molar-refractivity contribution >= 4 is 23.0 Å². The summed E-state index contributed by atoms with van der Waals surface area (Å²) in [6.07, 6.45) is 10.00. The fourth-order valence-electron chi connectivity index (χ4n) is 3.12. The predicted molar refractivity (Wildman–Crippen MR) is 98.3 cm³/mol. The molecule has 0 unspecified atom stereocenters. The van der Waals surface area contributed by atoms with Gasteiger partial charge in [-0.25, -0.2) is 0 Å². The van der Waals surface area contributed by atoms with E-state index < -0.39 is 0 Å². The molecule has 120 valence electrons. The molecule has 0 aliphatic heterocycles. The number of hydrogen-bond donors (Lipinski definition) is 2. The molecule has 0 bridgehead atoms. The van der Waals surface area contributed by atoms with E-state index in [-0.39, 0.29) is 5.11 Å². The molecule has 3 nitrogen and oxygen atoms in total. The van der Waals surface area contributed by atoms with E-state index in [1.54, 1.807) is 0 Å². The highest BCUT2D eigenvalue weighted by atomic mass is 32.1. The fraction of sp³-hybridized carbons (Fsp3) is 0.556. The van der Waals surface area contributed by atoms with Crippen LogP contribution in [-0.4, -0.2) is 10.8 Å². The Morgan fingerprint density at radius 1 is 1.23 bits per heavy atom. The third-order valence-corrected chi connectivity index (χ3v) is 4.48. The van der Waals surface area contributed by atoms with E-state index >= 15 is 0 Å². The standard InChI is InChI=1S/C18H27N3S/c1-2-3-9-17(20-21-18(19)22)16-12-10-15(11-13-16)14-7-5-4-6-8-14/h10-14H,2-9H2,1H3,(H3,19,21,22). The summed E-state index contributed by atoms with van der Waals surface area (Å²) in [4.78, 5) is 0. The molecular formula is C18H27N3S. The Kier molecular flexibility index (Phi) is 6.84. The molecule has 3 N–H and O–H groups in total. The summed E-state index contributed by atoms with van der Waals surface area (Å²) < 4.78 is 0. The SMILES string of the molecule is CCCCC(=NNC(N)=S)c1ccc(C2CCCCC2)cc1. The number of unbranched alkanes of at least 4 members (excludes halogenated alkanes) is 1. The van der Waals surface area contributed by atoms with Crippen LogP contribution in [0.5, 0.6) is 0 Å². The Bertz CT molecular complexity index is 502. The van der Waals surface area contributed by atoms with Gasteiger partial charge in [0.15, 0.2) is 5.11 Å². The first-order valence-corrected chi connectivity index (χ1v) is 8.84. The highest BCUT2D eigenvalue weighted by Gasteiger charge is 2.15. The second-order valence-corrected chi connectivity index (χ2v) is 6.53. The lowest BCUT2D eigenvalue weighted by Gasteiger charge is -2.22. The second kappa shape index (κ2) is 8.89. The Morgan fingerprint density at radius 3 is 2.50 bits per heavy atom. The molecule has 4 heteroatoms. The molecule has 0 radical (unpaired) electrons. The third kappa shape index (κ3) is 5.09. The molecule has 1 aromatic rings. The average molecular weight is 318 g/mol. The van der Waals surface area contributed by atoms with Gasteiger partial charge in [-0.15, -0.1) is 0 Å². The van der Waals surface area contributed by atoms with E-state index in [4.69, 9.17) is 18.0 Å². The summed E-state index contributed by atoms with van der Waals surface area (Å²) in [5.41, 5.74) is 11.9. The van der Waals surface area contributed by atoms with E-state index in [0.29, 0.717) is 0 Å². The number of nitrogens with two attached hydrogens (primary N) is 1. The van der Waals surface area contributed by atoms with Crippen LogP contribution in [0.25, 0.3) is 0 Å². The molecule has 0 saturated heterocycles. The summed E-state index contributed by atoms with van der Waals surface area (Å²) in [5, 5.41) is 4.59. The third-order valence-electron chi connectivity index (χ3n) is 4.39. The quantitative estimate of drug-likeness (QED) is 0.462. The van der Waals surface area contributed by atoms with Crippen molar-refractivity contribution in [2.75, 3.05) is 0 Å². The van der Waals surface area contributed by atoms with Crippen LogP contribution in [0.2, 0.25) is 0 Å². The molecule has 0 atom stereocenters. The van der Waals surface area contributed by atoms with Crippen LogP contribution < -0.4 is 11.2 Å². The molecule has 1 saturated carbocycles. The first kappa shape index (κ1) is 16.9. The lowest BCUT2D eigenvalue weighted by Crippen LogP contribution is -2.25. The predicted octanol–water partition coefficient (Wildman–Crippen LogP) is 4.46. The van der Waals surface area contributed by atoms with Crippen molar-refractivity contribution in [2.24, 2.45) is 10.8 Å². The highest BCUT2D eigenvalue weighted by Crippen LogP contribution is 2.32. The average Bonchev–Trinajstić information content (AvgIpc) is 2.56. The van der Waals surface area contributed by atoms with Gasteiger partial charge < -0.3 is 5.73 Å². The van der Waals surface area contributed by atoms with Gasteiger partial charge in [0.2, 0.25) is 0 Å². The summed E-state index contributed by atoms with van der Waals surface area (Å²) in [5.74, 6) is 0.744. The zero-order valence-corrected chi connectivity index (χ0v) is 14.3. The van der Waals surface area contributed by atoms with Crippen LogP contribution in [-0.2, 0) is 0 Å². The topological polar surface area (TPSA) is 50.4 Å². The number of benzene rings is 1. The van der Waals surface area contributed by atoms with Crippen molar-refractivity contribution in [1.82, 2.24) is 5.43 Å². The summed E-state index contributed by atoms with van der Waals surface area (Å²) in [6.45, 7) is 2.19. The van der Waals surface area contributed by atoms with Crippen LogP contribution in [0.4, 0.5) is 0 Å². The number of hydrazone groups is 1. The number of nitrogens with one attached hydrogen (secondary N) is 1. The van der Waals surface area contributed by atoms with Gasteiger partial charge in [-0.1, -0.05) is 56.9 Å². The van der Waals surface area contributed by atoms with Crippen LogP contribution in [0.3, 0.4) is 0 Å². The Hall–Kier alpha value is -1.42. The number of hydrogen-bond acceptors (Lipinski definition) is 2. The van der Waals surface area contributed by atoms with Gasteiger partial charge >= 0.3 is 0 Å². The molecule has 1 fully saturated rings. The Morgan fingerprint density at radius 2 is 1.91 bits per heavy atom. The fourth-order valence-corrected chi connectivity index (χ4v) is 3.16. The number of thiocarbonyl (C=S) groups is 1. The zero-order chi connectivity index (χ0) is 15.8. The maximum Gasteiger partial charge on any atom is 0.184 e. The summed E-state index contributed by atoms with van der Waals surface area (Å²) in [6, 6.07) is 8.93. The molecule has 1 aromatic carbocycles. The Balaban J connectivity index is 2.10. The van der Waals surface area contributed by atoms with Gasteiger partial charge in [-0.3, -0.25) is 5.43 Å². The second-order valence-electron chi connectivity index (χ2n) is 6.10. The van der Waals surface area contributed by atoms with E-state index in [1.807, 2.05) is 0 Å². The molecule has 1 aliphatic rings. The Labute approximate surface area is 139 Å². The minimum atomic E-state index is 0.216. The lowest BCUT2D eigenvalue weighted by molar-refractivity contribution is 0.443. The van der Waals surface area contributed by atoms with Gasteiger partial charge in [0, 0.05) is 0 Å². The van der Waals surface area contributed by atoms with Crippen molar-refractivity contribution in [2.45, 2.75) is 64.2 Å². The van der Waals surface area contributed by atoms with E-state index in [0.717, 1.165) is 36.5 Å². The molecule has 1 aliphatic carbocycles. The van der Waals surface area contributed by atoms with E-state index in [1.165, 1.54) is 37.7 Å². The van der Waals surface area contributed by atoms with Crippen molar-refractivity contribution in [3.8, 4) is 0 Å². The van der Waals surface area contributed by atoms with Crippen molar-refractivity contribution in [3.63, 3.8) is 0 Å². The number of nitrogens with zero attached hydrogens (tertiary/aromatic N) is 1. The van der Waals surface area contributed by atoms with Gasteiger partial charge in [0.1, 0.15) is 0 Å². The lowest BCUT2D eigenvalue weighted by atomic mass is 9.84. The molecule has 0 aromatic heterocycles. The molecule has 0 spiro atoms. The largest absolute Gasteiger partial charge is 0.375 e. The molecule has 22 heavy (non-hydrogen) atoms. The van der Waals surface area contributed by atoms with E-state index in [9.17, 15) is 0 Å². The van der Waals surface area contributed by atoms with Gasteiger partial charge in [-0.2, -0.15) is 5.10 Å². The maximum atomic E-state index is 5.48.